The number of halogens is 2. The summed E-state index contributed by atoms with van der Waals surface area (Å²) < 4.78 is 2.38. The number of rotatable bonds is 2. The molecule has 0 unspecified atom stereocenters. The third kappa shape index (κ3) is 2.17. The topological polar surface area (TPSA) is 68.0 Å². The van der Waals surface area contributed by atoms with E-state index in [0.717, 1.165) is 15.7 Å². The van der Waals surface area contributed by atoms with E-state index in [2.05, 4.69) is 26.2 Å². The molecule has 0 aliphatic carbocycles. The summed E-state index contributed by atoms with van der Waals surface area (Å²) in [5.41, 5.74) is 2.22. The second-order valence-corrected chi connectivity index (χ2v) is 5.37. The van der Waals surface area contributed by atoms with E-state index < -0.39 is 5.97 Å². The summed E-state index contributed by atoms with van der Waals surface area (Å²) in [6, 6.07) is 10.1. The molecule has 0 saturated heterocycles. The van der Waals surface area contributed by atoms with Crippen LogP contribution in [-0.2, 0) is 0 Å². The molecule has 0 spiro atoms. The van der Waals surface area contributed by atoms with Gasteiger partial charge < -0.3 is 5.11 Å². The molecule has 0 fully saturated rings. The molecule has 100 valence electrons. The molecule has 0 bridgehead atoms. The van der Waals surface area contributed by atoms with Gasteiger partial charge in [0.15, 0.2) is 0 Å². The Morgan fingerprint density at radius 1 is 1.25 bits per heavy atom. The highest BCUT2D eigenvalue weighted by Gasteiger charge is 2.11. The van der Waals surface area contributed by atoms with Crippen molar-refractivity contribution in [2.24, 2.45) is 0 Å². The maximum Gasteiger partial charge on any atom is 0.335 e. The monoisotopic (exact) mass is 351 g/mol. The predicted octanol–water partition coefficient (Wildman–Crippen LogP) is 3.53. The van der Waals surface area contributed by atoms with E-state index in [1.54, 1.807) is 16.8 Å². The molecule has 2 aromatic carbocycles. The van der Waals surface area contributed by atoms with Crippen LogP contribution in [-0.4, -0.2) is 26.1 Å². The van der Waals surface area contributed by atoms with Gasteiger partial charge in [0.05, 0.1) is 21.8 Å². The maximum absolute atomic E-state index is 10.9. The van der Waals surface area contributed by atoms with Crippen molar-refractivity contribution in [3.8, 4) is 5.69 Å². The average molecular weight is 353 g/mol. The summed E-state index contributed by atoms with van der Waals surface area (Å²) in [7, 11) is 0. The van der Waals surface area contributed by atoms with Crippen LogP contribution in [0.4, 0.5) is 0 Å². The molecule has 0 amide bonds. The van der Waals surface area contributed by atoms with Crippen LogP contribution in [0.1, 0.15) is 10.4 Å². The van der Waals surface area contributed by atoms with Gasteiger partial charge in [0.25, 0.3) is 0 Å². The standard InChI is InChI=1S/C13H7BrClN3O2/c14-9-6-8(2-3-10(9)15)18-12-4-1-7(13(19)20)5-11(12)16-17-18/h1-6H,(H,19,20). The van der Waals surface area contributed by atoms with Gasteiger partial charge in [0.2, 0.25) is 0 Å². The molecule has 0 atom stereocenters. The van der Waals surface area contributed by atoms with Gasteiger partial charge in [-0.3, -0.25) is 0 Å². The Hall–Kier alpha value is -1.92. The van der Waals surface area contributed by atoms with Gasteiger partial charge in [-0.05, 0) is 52.3 Å². The highest BCUT2D eigenvalue weighted by molar-refractivity contribution is 9.10. The summed E-state index contributed by atoms with van der Waals surface area (Å²) in [4.78, 5) is 10.9. The Bertz CT molecular complexity index is 832. The fraction of sp³-hybridized carbons (Fsp3) is 0. The number of fused-ring (bicyclic) bond motifs is 1. The fourth-order valence-electron chi connectivity index (χ4n) is 1.86. The first-order valence-electron chi connectivity index (χ1n) is 5.60. The fourth-order valence-corrected chi connectivity index (χ4v) is 2.35. The van der Waals surface area contributed by atoms with Crippen LogP contribution in [0.25, 0.3) is 16.7 Å². The first kappa shape index (κ1) is 13.1. The molecular formula is C13H7BrClN3O2. The molecule has 20 heavy (non-hydrogen) atoms. The van der Waals surface area contributed by atoms with Crippen LogP contribution in [0.15, 0.2) is 40.9 Å². The quantitative estimate of drug-likeness (QED) is 0.766. The van der Waals surface area contributed by atoms with Gasteiger partial charge in [0, 0.05) is 4.47 Å². The molecule has 5 nitrogen and oxygen atoms in total. The Kier molecular flexibility index (Phi) is 3.19. The van der Waals surface area contributed by atoms with Gasteiger partial charge in [-0.15, -0.1) is 5.10 Å². The summed E-state index contributed by atoms with van der Waals surface area (Å²) in [6.45, 7) is 0. The van der Waals surface area contributed by atoms with Gasteiger partial charge in [-0.1, -0.05) is 16.8 Å². The van der Waals surface area contributed by atoms with Crippen molar-refractivity contribution in [3.63, 3.8) is 0 Å². The van der Waals surface area contributed by atoms with Crippen molar-refractivity contribution in [2.75, 3.05) is 0 Å². The smallest absolute Gasteiger partial charge is 0.335 e. The Morgan fingerprint density at radius 3 is 2.75 bits per heavy atom. The minimum absolute atomic E-state index is 0.182. The molecule has 0 aliphatic rings. The van der Waals surface area contributed by atoms with E-state index in [4.69, 9.17) is 16.7 Å². The first-order chi connectivity index (χ1) is 9.56. The zero-order valence-electron chi connectivity index (χ0n) is 9.92. The SMILES string of the molecule is O=C(O)c1ccc2c(c1)nnn2-c1ccc(Cl)c(Br)c1. The zero-order valence-corrected chi connectivity index (χ0v) is 12.3. The van der Waals surface area contributed by atoms with Crippen LogP contribution in [0.3, 0.4) is 0 Å². The van der Waals surface area contributed by atoms with Crippen LogP contribution < -0.4 is 0 Å². The average Bonchev–Trinajstić information content (AvgIpc) is 2.84. The lowest BCUT2D eigenvalue weighted by Crippen LogP contribution is -1.98. The largest absolute Gasteiger partial charge is 0.478 e. The molecule has 1 N–H and O–H groups in total. The van der Waals surface area contributed by atoms with E-state index in [1.165, 1.54) is 12.1 Å². The third-order valence-corrected chi connectivity index (χ3v) is 4.05. The second-order valence-electron chi connectivity index (χ2n) is 4.11. The highest BCUT2D eigenvalue weighted by Crippen LogP contribution is 2.26. The number of nitrogens with zero attached hydrogens (tertiary/aromatic N) is 3. The highest BCUT2D eigenvalue weighted by atomic mass is 79.9. The second kappa shape index (κ2) is 4.88. The Morgan fingerprint density at radius 2 is 2.05 bits per heavy atom. The van der Waals surface area contributed by atoms with Crippen molar-refractivity contribution < 1.29 is 9.90 Å². The summed E-state index contributed by atoms with van der Waals surface area (Å²) in [5.74, 6) is -0.990. The van der Waals surface area contributed by atoms with Crippen molar-refractivity contribution in [3.05, 3.63) is 51.5 Å². The molecule has 3 aromatic rings. The number of aromatic carboxylic acids is 1. The number of hydrogen-bond acceptors (Lipinski definition) is 3. The molecule has 0 aliphatic heterocycles. The Balaban J connectivity index is 2.17. The van der Waals surface area contributed by atoms with Crippen LogP contribution in [0.2, 0.25) is 5.02 Å². The van der Waals surface area contributed by atoms with Crippen molar-refractivity contribution in [1.82, 2.24) is 15.0 Å². The van der Waals surface area contributed by atoms with E-state index in [1.807, 2.05) is 12.1 Å². The van der Waals surface area contributed by atoms with Crippen LogP contribution >= 0.6 is 27.5 Å². The molecule has 3 rings (SSSR count). The third-order valence-electron chi connectivity index (χ3n) is 2.84. The van der Waals surface area contributed by atoms with Gasteiger partial charge >= 0.3 is 5.97 Å². The lowest BCUT2D eigenvalue weighted by atomic mass is 10.2. The van der Waals surface area contributed by atoms with Crippen molar-refractivity contribution >= 4 is 44.5 Å². The molecule has 0 radical (unpaired) electrons. The van der Waals surface area contributed by atoms with Crippen molar-refractivity contribution in [2.45, 2.75) is 0 Å². The number of carbonyl (C=O) groups is 1. The molecule has 1 heterocycles. The minimum atomic E-state index is -0.990. The summed E-state index contributed by atoms with van der Waals surface area (Å²) >= 11 is 9.31. The van der Waals surface area contributed by atoms with E-state index in [9.17, 15) is 4.79 Å². The van der Waals surface area contributed by atoms with Crippen LogP contribution in [0, 0.1) is 0 Å². The first-order valence-corrected chi connectivity index (χ1v) is 6.77. The molecule has 1 aromatic heterocycles. The normalized spacial score (nSPS) is 10.9. The summed E-state index contributed by atoms with van der Waals surface area (Å²) in [6.07, 6.45) is 0. The van der Waals surface area contributed by atoms with Gasteiger partial charge in [-0.25, -0.2) is 9.48 Å². The van der Waals surface area contributed by atoms with E-state index in [0.29, 0.717) is 10.5 Å². The number of carboxylic acids is 1. The zero-order chi connectivity index (χ0) is 14.3. The molecular weight excluding hydrogens is 346 g/mol. The molecule has 0 saturated carbocycles. The lowest BCUT2D eigenvalue weighted by Gasteiger charge is -2.04. The van der Waals surface area contributed by atoms with E-state index in [-0.39, 0.29) is 5.56 Å². The number of carboxylic acid groups (broad SMARTS) is 1. The Labute approximate surface area is 126 Å². The lowest BCUT2D eigenvalue weighted by molar-refractivity contribution is 0.0697. The summed E-state index contributed by atoms with van der Waals surface area (Å²) in [5, 5.41) is 17.6. The predicted molar refractivity (Wildman–Crippen MR) is 78.5 cm³/mol. The number of hydrogen-bond donors (Lipinski definition) is 1. The van der Waals surface area contributed by atoms with Crippen LogP contribution in [0.5, 0.6) is 0 Å². The number of benzene rings is 2. The van der Waals surface area contributed by atoms with E-state index >= 15 is 0 Å². The van der Waals surface area contributed by atoms with Gasteiger partial charge in [0.1, 0.15) is 5.52 Å². The maximum atomic E-state index is 10.9. The minimum Gasteiger partial charge on any atom is -0.478 e. The van der Waals surface area contributed by atoms with Gasteiger partial charge in [-0.2, -0.15) is 0 Å². The number of aromatic nitrogens is 3. The van der Waals surface area contributed by atoms with Crippen molar-refractivity contribution in [1.29, 1.82) is 0 Å². The molecule has 7 heteroatoms.